The van der Waals surface area contributed by atoms with Gasteiger partial charge in [-0.2, -0.15) is 0 Å². The smallest absolute Gasteiger partial charge is 0.238 e. The molecule has 1 N–H and O–H groups in total. The van der Waals surface area contributed by atoms with Crippen molar-refractivity contribution < 1.29 is 9.18 Å². The second-order valence-electron chi connectivity index (χ2n) is 6.24. The monoisotopic (exact) mass is 343 g/mol. The van der Waals surface area contributed by atoms with Gasteiger partial charge in [0.05, 0.1) is 12.2 Å². The number of aryl methyl sites for hydroxylation is 2. The van der Waals surface area contributed by atoms with Crippen molar-refractivity contribution in [2.45, 2.75) is 13.8 Å². The predicted octanol–water partition coefficient (Wildman–Crippen LogP) is 1.99. The minimum Gasteiger partial charge on any atom is -0.338 e. The number of piperazine rings is 1. The van der Waals surface area contributed by atoms with Crippen LogP contribution >= 0.6 is 0 Å². The zero-order valence-electron chi connectivity index (χ0n) is 14.5. The summed E-state index contributed by atoms with van der Waals surface area (Å²) >= 11 is 0. The molecule has 6 nitrogen and oxygen atoms in total. The van der Waals surface area contributed by atoms with E-state index in [1.165, 1.54) is 6.07 Å². The molecule has 0 spiro atoms. The number of carbonyl (C=O) groups is 1. The normalized spacial score (nSPS) is 15.2. The molecule has 1 fully saturated rings. The minimum atomic E-state index is -0.423. The molecule has 1 aromatic heterocycles. The van der Waals surface area contributed by atoms with Crippen molar-refractivity contribution in [3.05, 3.63) is 47.5 Å². The Morgan fingerprint density at radius 1 is 1.12 bits per heavy atom. The summed E-state index contributed by atoms with van der Waals surface area (Å²) in [5, 5.41) is 2.62. The number of benzene rings is 1. The maximum absolute atomic E-state index is 13.6. The molecule has 1 aliphatic rings. The number of aromatic nitrogens is 2. The molecule has 3 rings (SSSR count). The second-order valence-corrected chi connectivity index (χ2v) is 6.24. The third-order valence-electron chi connectivity index (χ3n) is 4.14. The number of nitrogens with one attached hydrogen (secondary N) is 1. The van der Waals surface area contributed by atoms with Gasteiger partial charge in [0.15, 0.2) is 0 Å². The lowest BCUT2D eigenvalue weighted by Gasteiger charge is -2.34. The van der Waals surface area contributed by atoms with Crippen LogP contribution in [0.25, 0.3) is 0 Å². The fraction of sp³-hybridized carbons (Fsp3) is 0.389. The lowest BCUT2D eigenvalue weighted by atomic mass is 10.3. The van der Waals surface area contributed by atoms with Crippen molar-refractivity contribution in [1.82, 2.24) is 14.9 Å². The van der Waals surface area contributed by atoms with Crippen LogP contribution in [0.15, 0.2) is 30.3 Å². The predicted molar refractivity (Wildman–Crippen MR) is 95.2 cm³/mol. The van der Waals surface area contributed by atoms with Gasteiger partial charge in [-0.05, 0) is 32.0 Å². The second kappa shape index (κ2) is 7.57. The van der Waals surface area contributed by atoms with E-state index in [1.54, 1.807) is 18.2 Å². The van der Waals surface area contributed by atoms with Crippen LogP contribution in [0.1, 0.15) is 11.4 Å². The molecule has 0 bridgehead atoms. The fourth-order valence-corrected chi connectivity index (χ4v) is 2.91. The molecular formula is C18H22FN5O. The molecule has 25 heavy (non-hydrogen) atoms. The number of rotatable bonds is 4. The zero-order valence-corrected chi connectivity index (χ0v) is 14.5. The van der Waals surface area contributed by atoms with Crippen molar-refractivity contribution in [2.75, 3.05) is 42.9 Å². The molecule has 1 aromatic carbocycles. The molecule has 0 radical (unpaired) electrons. The Kier molecular flexibility index (Phi) is 5.23. The lowest BCUT2D eigenvalue weighted by molar-refractivity contribution is -0.117. The van der Waals surface area contributed by atoms with E-state index in [0.29, 0.717) is 0 Å². The highest BCUT2D eigenvalue weighted by Gasteiger charge is 2.21. The Labute approximate surface area is 146 Å². The van der Waals surface area contributed by atoms with E-state index in [9.17, 15) is 9.18 Å². The van der Waals surface area contributed by atoms with Crippen LogP contribution in [-0.2, 0) is 4.79 Å². The highest BCUT2D eigenvalue weighted by Crippen LogP contribution is 2.14. The topological polar surface area (TPSA) is 61.4 Å². The van der Waals surface area contributed by atoms with Gasteiger partial charge in [-0.1, -0.05) is 12.1 Å². The maximum atomic E-state index is 13.6. The number of carbonyl (C=O) groups excluding carboxylic acids is 1. The van der Waals surface area contributed by atoms with Gasteiger partial charge in [0.1, 0.15) is 5.82 Å². The Bertz CT molecular complexity index is 739. The first kappa shape index (κ1) is 17.3. The van der Waals surface area contributed by atoms with Crippen LogP contribution in [0.2, 0.25) is 0 Å². The Balaban J connectivity index is 1.52. The molecule has 0 atom stereocenters. The van der Waals surface area contributed by atoms with Crippen LogP contribution in [0.5, 0.6) is 0 Å². The van der Waals surface area contributed by atoms with Crippen LogP contribution in [0.3, 0.4) is 0 Å². The molecule has 1 saturated heterocycles. The van der Waals surface area contributed by atoms with E-state index in [0.717, 1.165) is 43.5 Å². The Morgan fingerprint density at radius 2 is 1.76 bits per heavy atom. The first-order valence-corrected chi connectivity index (χ1v) is 8.35. The maximum Gasteiger partial charge on any atom is 0.238 e. The van der Waals surface area contributed by atoms with Gasteiger partial charge in [-0.25, -0.2) is 14.4 Å². The lowest BCUT2D eigenvalue weighted by Crippen LogP contribution is -2.49. The molecule has 2 heterocycles. The highest BCUT2D eigenvalue weighted by molar-refractivity contribution is 5.92. The first-order valence-electron chi connectivity index (χ1n) is 8.35. The van der Waals surface area contributed by atoms with Gasteiger partial charge < -0.3 is 10.2 Å². The number of amides is 1. The summed E-state index contributed by atoms with van der Waals surface area (Å²) in [5.41, 5.74) is 2.12. The summed E-state index contributed by atoms with van der Waals surface area (Å²) in [7, 11) is 0. The van der Waals surface area contributed by atoms with E-state index in [2.05, 4.69) is 25.1 Å². The van der Waals surface area contributed by atoms with Crippen molar-refractivity contribution in [3.63, 3.8) is 0 Å². The standard InChI is InChI=1S/C18H22FN5O/c1-13-11-14(2)21-18(20-13)24-9-7-23(8-10-24)12-17(25)22-16-6-4-3-5-15(16)19/h3-6,11H,7-10,12H2,1-2H3,(H,22,25). The number of hydrogen-bond donors (Lipinski definition) is 1. The molecule has 0 aliphatic carbocycles. The molecule has 1 amide bonds. The van der Waals surface area contributed by atoms with E-state index in [1.807, 2.05) is 19.9 Å². The SMILES string of the molecule is Cc1cc(C)nc(N2CCN(CC(=O)Nc3ccccc3F)CC2)n1. The number of hydrogen-bond acceptors (Lipinski definition) is 5. The average molecular weight is 343 g/mol. The minimum absolute atomic E-state index is 0.207. The number of anilines is 2. The van der Waals surface area contributed by atoms with Crippen molar-refractivity contribution in [1.29, 1.82) is 0 Å². The molecule has 0 saturated carbocycles. The molecule has 7 heteroatoms. The third kappa shape index (κ3) is 4.51. The van der Waals surface area contributed by atoms with Crippen molar-refractivity contribution in [3.8, 4) is 0 Å². The van der Waals surface area contributed by atoms with E-state index in [-0.39, 0.29) is 18.1 Å². The van der Waals surface area contributed by atoms with E-state index < -0.39 is 5.82 Å². The molecular weight excluding hydrogens is 321 g/mol. The van der Waals surface area contributed by atoms with E-state index >= 15 is 0 Å². The molecule has 132 valence electrons. The number of para-hydroxylation sites is 1. The Hall–Kier alpha value is -2.54. The quantitative estimate of drug-likeness (QED) is 0.920. The summed E-state index contributed by atoms with van der Waals surface area (Å²) in [6.45, 7) is 7.16. The van der Waals surface area contributed by atoms with Gasteiger partial charge in [-0.15, -0.1) is 0 Å². The summed E-state index contributed by atoms with van der Waals surface area (Å²) in [6, 6.07) is 8.13. The highest BCUT2D eigenvalue weighted by atomic mass is 19.1. The van der Waals surface area contributed by atoms with Gasteiger partial charge >= 0.3 is 0 Å². The largest absolute Gasteiger partial charge is 0.338 e. The van der Waals surface area contributed by atoms with E-state index in [4.69, 9.17) is 0 Å². The van der Waals surface area contributed by atoms with Gasteiger partial charge in [0.25, 0.3) is 0 Å². The summed E-state index contributed by atoms with van der Waals surface area (Å²) in [5.74, 6) is 0.113. The van der Waals surface area contributed by atoms with Crippen LogP contribution in [-0.4, -0.2) is 53.5 Å². The summed E-state index contributed by atoms with van der Waals surface area (Å²) in [6.07, 6.45) is 0. The summed E-state index contributed by atoms with van der Waals surface area (Å²) < 4.78 is 13.6. The van der Waals surface area contributed by atoms with Gasteiger partial charge in [0, 0.05) is 37.6 Å². The van der Waals surface area contributed by atoms with Crippen molar-refractivity contribution in [2.24, 2.45) is 0 Å². The van der Waals surface area contributed by atoms with Crippen LogP contribution in [0, 0.1) is 19.7 Å². The summed E-state index contributed by atoms with van der Waals surface area (Å²) in [4.78, 5) is 25.3. The third-order valence-corrected chi connectivity index (χ3v) is 4.14. The first-order chi connectivity index (χ1) is 12.0. The molecule has 2 aromatic rings. The number of halogens is 1. The molecule has 1 aliphatic heterocycles. The number of nitrogens with zero attached hydrogens (tertiary/aromatic N) is 4. The van der Waals surface area contributed by atoms with Crippen LogP contribution in [0.4, 0.5) is 16.0 Å². The average Bonchev–Trinajstić information content (AvgIpc) is 2.57. The fourth-order valence-electron chi connectivity index (χ4n) is 2.91. The van der Waals surface area contributed by atoms with Crippen LogP contribution < -0.4 is 10.2 Å². The van der Waals surface area contributed by atoms with Gasteiger partial charge in [-0.3, -0.25) is 9.69 Å². The molecule has 0 unspecified atom stereocenters. The zero-order chi connectivity index (χ0) is 17.8. The van der Waals surface area contributed by atoms with Crippen molar-refractivity contribution >= 4 is 17.5 Å². The Morgan fingerprint density at radius 3 is 2.40 bits per heavy atom. The van der Waals surface area contributed by atoms with Gasteiger partial charge in [0.2, 0.25) is 11.9 Å².